The highest BCUT2D eigenvalue weighted by atomic mass is 16.5. The van der Waals surface area contributed by atoms with Crippen LogP contribution in [0.3, 0.4) is 0 Å². The van der Waals surface area contributed by atoms with Crippen LogP contribution in [0, 0.1) is 11.3 Å². The second-order valence-corrected chi connectivity index (χ2v) is 8.14. The van der Waals surface area contributed by atoms with Crippen molar-refractivity contribution in [3.8, 4) is 5.75 Å². The van der Waals surface area contributed by atoms with Crippen molar-refractivity contribution in [2.45, 2.75) is 47.6 Å². The molecule has 27 heavy (non-hydrogen) atoms. The van der Waals surface area contributed by atoms with Crippen molar-refractivity contribution < 1.29 is 9.53 Å². The molecule has 0 radical (unpaired) electrons. The summed E-state index contributed by atoms with van der Waals surface area (Å²) in [5.74, 6) is 2.14. The van der Waals surface area contributed by atoms with E-state index in [0.29, 0.717) is 25.0 Å². The highest BCUT2D eigenvalue weighted by Gasteiger charge is 2.20. The van der Waals surface area contributed by atoms with E-state index >= 15 is 0 Å². The fraction of sp³-hybridized carbons (Fsp3) is 0.619. The molecule has 0 saturated carbocycles. The summed E-state index contributed by atoms with van der Waals surface area (Å²) in [4.78, 5) is 16.1. The molecular weight excluding hydrogens is 340 g/mol. The second-order valence-electron chi connectivity index (χ2n) is 8.14. The molecule has 1 rings (SSSR count). The Morgan fingerprint density at radius 2 is 1.67 bits per heavy atom. The zero-order valence-electron chi connectivity index (χ0n) is 17.8. The number of nitrogens with one attached hydrogen (secondary N) is 3. The Kier molecular flexibility index (Phi) is 9.12. The Labute approximate surface area is 164 Å². The number of carbonyl (C=O) groups excluding carboxylic acids is 1. The lowest BCUT2D eigenvalue weighted by molar-refractivity contribution is -0.128. The van der Waals surface area contributed by atoms with Gasteiger partial charge >= 0.3 is 0 Å². The molecular formula is C21H36N4O2. The lowest BCUT2D eigenvalue weighted by Gasteiger charge is -2.20. The molecule has 0 aliphatic carbocycles. The molecule has 1 amide bonds. The first-order chi connectivity index (χ1) is 12.6. The van der Waals surface area contributed by atoms with Crippen molar-refractivity contribution in [1.29, 1.82) is 0 Å². The average Bonchev–Trinajstić information content (AvgIpc) is 2.61. The highest BCUT2D eigenvalue weighted by molar-refractivity contribution is 5.82. The van der Waals surface area contributed by atoms with Crippen LogP contribution >= 0.6 is 0 Å². The van der Waals surface area contributed by atoms with E-state index in [1.54, 1.807) is 7.05 Å². The van der Waals surface area contributed by atoms with E-state index in [0.717, 1.165) is 17.9 Å². The van der Waals surface area contributed by atoms with Gasteiger partial charge < -0.3 is 20.7 Å². The predicted molar refractivity (Wildman–Crippen MR) is 112 cm³/mol. The molecule has 0 aromatic heterocycles. The van der Waals surface area contributed by atoms with Crippen LogP contribution < -0.4 is 20.7 Å². The van der Waals surface area contributed by atoms with E-state index in [1.807, 2.05) is 32.9 Å². The van der Waals surface area contributed by atoms with E-state index in [2.05, 4.69) is 53.8 Å². The number of rotatable bonds is 8. The van der Waals surface area contributed by atoms with E-state index < -0.39 is 0 Å². The maximum Gasteiger partial charge on any atom is 0.225 e. The zero-order chi connectivity index (χ0) is 20.4. The first kappa shape index (κ1) is 22.8. The molecule has 1 aromatic rings. The molecule has 1 atom stereocenters. The van der Waals surface area contributed by atoms with Gasteiger partial charge in [0.25, 0.3) is 0 Å². The minimum absolute atomic E-state index is 0.0420. The Hall–Kier alpha value is -2.24. The number of nitrogens with zero attached hydrogens (tertiary/aromatic N) is 1. The van der Waals surface area contributed by atoms with Crippen molar-refractivity contribution in [1.82, 2.24) is 16.0 Å². The van der Waals surface area contributed by atoms with Gasteiger partial charge in [0.15, 0.2) is 5.96 Å². The lowest BCUT2D eigenvalue weighted by atomic mass is 9.96. The molecule has 1 unspecified atom stereocenters. The minimum Gasteiger partial charge on any atom is -0.493 e. The Morgan fingerprint density at radius 1 is 1.07 bits per heavy atom. The summed E-state index contributed by atoms with van der Waals surface area (Å²) >= 11 is 0. The molecule has 6 heteroatoms. The third-order valence-corrected chi connectivity index (χ3v) is 3.92. The third-order valence-electron chi connectivity index (χ3n) is 3.92. The minimum atomic E-state index is -0.376. The number of hydrogen-bond donors (Lipinski definition) is 3. The molecule has 1 aromatic carbocycles. The van der Waals surface area contributed by atoms with Crippen molar-refractivity contribution in [3.05, 3.63) is 29.8 Å². The average molecular weight is 377 g/mol. The Balaban J connectivity index is 2.44. The number of guanidine groups is 1. The van der Waals surface area contributed by atoms with Gasteiger partial charge in [-0.3, -0.25) is 9.79 Å². The number of benzene rings is 1. The summed E-state index contributed by atoms with van der Waals surface area (Å²) in [6.07, 6.45) is 0. The summed E-state index contributed by atoms with van der Waals surface area (Å²) in [6, 6.07) is 8.20. The monoisotopic (exact) mass is 376 g/mol. The highest BCUT2D eigenvalue weighted by Crippen LogP contribution is 2.18. The molecule has 0 saturated heterocycles. The summed E-state index contributed by atoms with van der Waals surface area (Å²) in [6.45, 7) is 13.9. The second kappa shape index (κ2) is 10.8. The summed E-state index contributed by atoms with van der Waals surface area (Å²) in [7, 11) is 1.73. The Morgan fingerprint density at radius 3 is 2.19 bits per heavy atom. The van der Waals surface area contributed by atoms with Gasteiger partial charge in [-0.1, -0.05) is 46.8 Å². The standard InChI is InChI=1S/C21H36N4O2/c1-15(2)14-27-18-10-8-17(9-11-18)16(3)25-20(22-7)24-13-12-23-19(26)21(4,5)6/h8-11,15-16H,12-14H2,1-7H3,(H,23,26)(H2,22,24,25). The Bertz CT molecular complexity index is 604. The molecule has 3 N–H and O–H groups in total. The summed E-state index contributed by atoms with van der Waals surface area (Å²) < 4.78 is 5.72. The summed E-state index contributed by atoms with van der Waals surface area (Å²) in [5, 5.41) is 9.49. The van der Waals surface area contributed by atoms with Gasteiger partial charge in [0, 0.05) is 25.6 Å². The lowest BCUT2D eigenvalue weighted by Crippen LogP contribution is -2.44. The largest absolute Gasteiger partial charge is 0.493 e. The molecule has 6 nitrogen and oxygen atoms in total. The van der Waals surface area contributed by atoms with Gasteiger partial charge in [-0.25, -0.2) is 0 Å². The van der Waals surface area contributed by atoms with E-state index in [1.165, 1.54) is 0 Å². The first-order valence-corrected chi connectivity index (χ1v) is 9.61. The number of carbonyl (C=O) groups is 1. The van der Waals surface area contributed by atoms with E-state index in [-0.39, 0.29) is 17.4 Å². The van der Waals surface area contributed by atoms with Crippen LogP contribution in [0.1, 0.15) is 53.1 Å². The fourth-order valence-electron chi connectivity index (χ4n) is 2.22. The van der Waals surface area contributed by atoms with Crippen LogP contribution in [0.4, 0.5) is 0 Å². The number of ether oxygens (including phenoxy) is 1. The molecule has 0 spiro atoms. The maximum atomic E-state index is 11.9. The van der Waals surface area contributed by atoms with Crippen LogP contribution in [0.15, 0.2) is 29.3 Å². The van der Waals surface area contributed by atoms with Crippen molar-refractivity contribution in [2.75, 3.05) is 26.7 Å². The van der Waals surface area contributed by atoms with Crippen molar-refractivity contribution in [3.63, 3.8) is 0 Å². The topological polar surface area (TPSA) is 74.8 Å². The van der Waals surface area contributed by atoms with Crippen molar-refractivity contribution >= 4 is 11.9 Å². The number of amides is 1. The normalized spacial score (nSPS) is 13.3. The fourth-order valence-corrected chi connectivity index (χ4v) is 2.22. The van der Waals surface area contributed by atoms with Crippen LogP contribution in [0.5, 0.6) is 5.75 Å². The van der Waals surface area contributed by atoms with Gasteiger partial charge in [0.1, 0.15) is 5.75 Å². The third kappa shape index (κ3) is 8.80. The van der Waals surface area contributed by atoms with Crippen LogP contribution in [0.25, 0.3) is 0 Å². The molecule has 0 bridgehead atoms. The van der Waals surface area contributed by atoms with Crippen LogP contribution in [-0.4, -0.2) is 38.6 Å². The van der Waals surface area contributed by atoms with E-state index in [4.69, 9.17) is 4.74 Å². The van der Waals surface area contributed by atoms with Crippen LogP contribution in [0.2, 0.25) is 0 Å². The van der Waals surface area contributed by atoms with Gasteiger partial charge in [0.2, 0.25) is 5.91 Å². The van der Waals surface area contributed by atoms with Crippen molar-refractivity contribution in [2.24, 2.45) is 16.3 Å². The molecule has 0 aliphatic rings. The van der Waals surface area contributed by atoms with Gasteiger partial charge in [-0.05, 0) is 30.5 Å². The van der Waals surface area contributed by atoms with Crippen LogP contribution in [-0.2, 0) is 4.79 Å². The number of hydrogen-bond acceptors (Lipinski definition) is 3. The van der Waals surface area contributed by atoms with E-state index in [9.17, 15) is 4.79 Å². The molecule has 0 heterocycles. The zero-order valence-corrected chi connectivity index (χ0v) is 17.8. The maximum absolute atomic E-state index is 11.9. The molecule has 0 aliphatic heterocycles. The molecule has 0 fully saturated rings. The summed E-state index contributed by atoms with van der Waals surface area (Å²) in [5.41, 5.74) is 0.773. The smallest absolute Gasteiger partial charge is 0.225 e. The van der Waals surface area contributed by atoms with Gasteiger partial charge in [-0.15, -0.1) is 0 Å². The van der Waals surface area contributed by atoms with Gasteiger partial charge in [0.05, 0.1) is 12.6 Å². The SMILES string of the molecule is CN=C(NCCNC(=O)C(C)(C)C)NC(C)c1ccc(OCC(C)C)cc1. The van der Waals surface area contributed by atoms with Gasteiger partial charge in [-0.2, -0.15) is 0 Å². The quantitative estimate of drug-likeness (QED) is 0.370. The number of aliphatic imine (C=N–C) groups is 1. The first-order valence-electron chi connectivity index (χ1n) is 9.61. The predicted octanol–water partition coefficient (Wildman–Crippen LogP) is 3.11. The molecule has 152 valence electrons.